The van der Waals surface area contributed by atoms with Crippen molar-refractivity contribution in [2.24, 2.45) is 4.99 Å². The van der Waals surface area contributed by atoms with Crippen LogP contribution in [-0.4, -0.2) is 80.2 Å². The van der Waals surface area contributed by atoms with Gasteiger partial charge in [-0.05, 0) is 42.9 Å². The number of pyridine rings is 1. The van der Waals surface area contributed by atoms with Crippen LogP contribution in [0.2, 0.25) is 0 Å². The SMILES string of the molecule is CCN(CC)CCOc1ccc(CNC(=NC)N2CCN(c3ccccn3)CC2)cc1. The Labute approximate surface area is 186 Å². The third-order valence-electron chi connectivity index (χ3n) is 5.71. The minimum atomic E-state index is 0.719. The molecule has 1 fully saturated rings. The number of guanidine groups is 1. The maximum absolute atomic E-state index is 5.88. The first-order valence-corrected chi connectivity index (χ1v) is 11.3. The van der Waals surface area contributed by atoms with Crippen LogP contribution in [0.3, 0.4) is 0 Å². The molecule has 3 rings (SSSR count). The number of rotatable bonds is 9. The largest absolute Gasteiger partial charge is 0.492 e. The van der Waals surface area contributed by atoms with Crippen molar-refractivity contribution >= 4 is 11.8 Å². The average molecular weight is 425 g/mol. The van der Waals surface area contributed by atoms with Gasteiger partial charge in [0.1, 0.15) is 18.2 Å². The zero-order valence-electron chi connectivity index (χ0n) is 19.1. The standard InChI is InChI=1S/C24H36N6O/c1-4-28(5-2)18-19-31-22-11-9-21(10-12-22)20-27-24(25-3)30-16-14-29(15-17-30)23-8-6-7-13-26-23/h6-13H,4-5,14-20H2,1-3H3,(H,25,27). The molecule has 0 aliphatic carbocycles. The van der Waals surface area contributed by atoms with E-state index in [1.807, 2.05) is 37.5 Å². The molecule has 7 nitrogen and oxygen atoms in total. The second-order valence-electron chi connectivity index (χ2n) is 7.58. The van der Waals surface area contributed by atoms with E-state index in [4.69, 9.17) is 4.74 Å². The van der Waals surface area contributed by atoms with E-state index in [-0.39, 0.29) is 0 Å². The van der Waals surface area contributed by atoms with Gasteiger partial charge < -0.3 is 24.8 Å². The Kier molecular flexibility index (Phi) is 8.97. The fraction of sp³-hybridized carbons (Fsp3) is 0.500. The summed E-state index contributed by atoms with van der Waals surface area (Å²) in [5.41, 5.74) is 1.21. The second-order valence-corrected chi connectivity index (χ2v) is 7.58. The summed E-state index contributed by atoms with van der Waals surface area (Å²) in [5.74, 6) is 2.91. The number of benzene rings is 1. The Morgan fingerprint density at radius 3 is 2.42 bits per heavy atom. The summed E-state index contributed by atoms with van der Waals surface area (Å²) in [6.45, 7) is 12.6. The molecule has 7 heteroatoms. The molecule has 1 N–H and O–H groups in total. The van der Waals surface area contributed by atoms with Gasteiger partial charge in [-0.15, -0.1) is 0 Å². The van der Waals surface area contributed by atoms with Crippen LogP contribution in [0.25, 0.3) is 0 Å². The molecule has 0 bridgehead atoms. The van der Waals surface area contributed by atoms with Crippen molar-refractivity contribution < 1.29 is 4.74 Å². The van der Waals surface area contributed by atoms with Crippen LogP contribution in [0.15, 0.2) is 53.7 Å². The molecule has 1 aliphatic heterocycles. The van der Waals surface area contributed by atoms with Crippen LogP contribution >= 0.6 is 0 Å². The van der Waals surface area contributed by atoms with Crippen LogP contribution in [-0.2, 0) is 6.54 Å². The van der Waals surface area contributed by atoms with Crippen LogP contribution in [0.1, 0.15) is 19.4 Å². The Balaban J connectivity index is 1.42. The van der Waals surface area contributed by atoms with Crippen molar-refractivity contribution in [3.63, 3.8) is 0 Å². The van der Waals surface area contributed by atoms with Gasteiger partial charge in [0.25, 0.3) is 0 Å². The summed E-state index contributed by atoms with van der Waals surface area (Å²) in [5, 5.41) is 3.50. The first-order chi connectivity index (χ1) is 15.2. The highest BCUT2D eigenvalue weighted by Crippen LogP contribution is 2.14. The first kappa shape index (κ1) is 22.9. The molecule has 168 valence electrons. The minimum Gasteiger partial charge on any atom is -0.492 e. The Morgan fingerprint density at radius 1 is 1.06 bits per heavy atom. The summed E-state index contributed by atoms with van der Waals surface area (Å²) in [7, 11) is 1.85. The molecule has 1 aliphatic rings. The van der Waals surface area contributed by atoms with Crippen molar-refractivity contribution in [1.82, 2.24) is 20.1 Å². The van der Waals surface area contributed by atoms with Crippen LogP contribution < -0.4 is 15.0 Å². The number of hydrogen-bond acceptors (Lipinski definition) is 5. The summed E-state index contributed by atoms with van der Waals surface area (Å²) < 4.78 is 5.88. The monoisotopic (exact) mass is 424 g/mol. The second kappa shape index (κ2) is 12.2. The van der Waals surface area contributed by atoms with Crippen molar-refractivity contribution in [3.8, 4) is 5.75 Å². The van der Waals surface area contributed by atoms with E-state index >= 15 is 0 Å². The number of hydrogen-bond donors (Lipinski definition) is 1. The zero-order valence-corrected chi connectivity index (χ0v) is 19.1. The van der Waals surface area contributed by atoms with Gasteiger partial charge in [0.05, 0.1) is 0 Å². The highest BCUT2D eigenvalue weighted by Gasteiger charge is 2.20. The lowest BCUT2D eigenvalue weighted by Gasteiger charge is -2.37. The zero-order chi connectivity index (χ0) is 21.9. The van der Waals surface area contributed by atoms with Gasteiger partial charge in [0.2, 0.25) is 0 Å². The first-order valence-electron chi connectivity index (χ1n) is 11.3. The van der Waals surface area contributed by atoms with Gasteiger partial charge in [-0.3, -0.25) is 4.99 Å². The van der Waals surface area contributed by atoms with E-state index in [1.54, 1.807) is 0 Å². The number of aromatic nitrogens is 1. The van der Waals surface area contributed by atoms with E-state index in [0.717, 1.165) is 76.5 Å². The lowest BCUT2D eigenvalue weighted by atomic mass is 10.2. The van der Waals surface area contributed by atoms with Gasteiger partial charge in [-0.2, -0.15) is 0 Å². The number of ether oxygens (including phenoxy) is 1. The molecule has 0 radical (unpaired) electrons. The Morgan fingerprint density at radius 2 is 1.81 bits per heavy atom. The normalized spacial score (nSPS) is 14.8. The number of anilines is 1. The third kappa shape index (κ3) is 6.85. The van der Waals surface area contributed by atoms with Crippen molar-refractivity contribution in [2.45, 2.75) is 20.4 Å². The number of aliphatic imine (C=N–C) groups is 1. The molecule has 0 atom stereocenters. The molecule has 1 aromatic heterocycles. The maximum Gasteiger partial charge on any atom is 0.194 e. The van der Waals surface area contributed by atoms with Crippen LogP contribution in [0.4, 0.5) is 5.82 Å². The molecule has 31 heavy (non-hydrogen) atoms. The quantitative estimate of drug-likeness (QED) is 0.493. The van der Waals surface area contributed by atoms with Gasteiger partial charge in [0, 0.05) is 52.5 Å². The van der Waals surface area contributed by atoms with Gasteiger partial charge in [-0.1, -0.05) is 32.0 Å². The molecule has 0 amide bonds. The predicted octanol–water partition coefficient (Wildman–Crippen LogP) is 2.70. The maximum atomic E-state index is 5.88. The molecule has 0 unspecified atom stereocenters. The number of nitrogens with one attached hydrogen (secondary N) is 1. The topological polar surface area (TPSA) is 56.2 Å². The van der Waals surface area contributed by atoms with E-state index < -0.39 is 0 Å². The van der Waals surface area contributed by atoms with E-state index in [1.165, 1.54) is 5.56 Å². The summed E-state index contributed by atoms with van der Waals surface area (Å²) >= 11 is 0. The molecule has 1 saturated heterocycles. The summed E-state index contributed by atoms with van der Waals surface area (Å²) in [6.07, 6.45) is 1.85. The number of piperazine rings is 1. The van der Waals surface area contributed by atoms with Crippen molar-refractivity contribution in [1.29, 1.82) is 0 Å². The smallest absolute Gasteiger partial charge is 0.194 e. The molecular weight excluding hydrogens is 388 g/mol. The van der Waals surface area contributed by atoms with E-state index in [9.17, 15) is 0 Å². The summed E-state index contributed by atoms with van der Waals surface area (Å²) in [6, 6.07) is 14.4. The lowest BCUT2D eigenvalue weighted by Crippen LogP contribution is -2.52. The molecule has 0 spiro atoms. The molecular formula is C24H36N6O. The molecule has 1 aromatic carbocycles. The molecule has 2 heterocycles. The summed E-state index contributed by atoms with van der Waals surface area (Å²) in [4.78, 5) is 15.9. The highest BCUT2D eigenvalue weighted by molar-refractivity contribution is 5.80. The lowest BCUT2D eigenvalue weighted by molar-refractivity contribution is 0.223. The third-order valence-corrected chi connectivity index (χ3v) is 5.71. The van der Waals surface area contributed by atoms with Crippen LogP contribution in [0.5, 0.6) is 5.75 Å². The average Bonchev–Trinajstić information content (AvgIpc) is 2.84. The van der Waals surface area contributed by atoms with E-state index in [2.05, 4.69) is 62.0 Å². The van der Waals surface area contributed by atoms with E-state index in [0.29, 0.717) is 0 Å². The van der Waals surface area contributed by atoms with Gasteiger partial charge in [-0.25, -0.2) is 4.98 Å². The Bertz CT molecular complexity index is 783. The fourth-order valence-corrected chi connectivity index (χ4v) is 3.74. The van der Waals surface area contributed by atoms with Gasteiger partial charge in [0.15, 0.2) is 5.96 Å². The predicted molar refractivity (Wildman–Crippen MR) is 128 cm³/mol. The highest BCUT2D eigenvalue weighted by atomic mass is 16.5. The molecule has 0 saturated carbocycles. The van der Waals surface area contributed by atoms with Gasteiger partial charge >= 0.3 is 0 Å². The number of likely N-dealkylation sites (N-methyl/N-ethyl adjacent to an activating group) is 1. The molecule has 2 aromatic rings. The number of nitrogens with zero attached hydrogens (tertiary/aromatic N) is 5. The fourth-order valence-electron chi connectivity index (χ4n) is 3.74. The van der Waals surface area contributed by atoms with Crippen molar-refractivity contribution in [2.75, 3.05) is 64.4 Å². The minimum absolute atomic E-state index is 0.719. The van der Waals surface area contributed by atoms with Crippen LogP contribution in [0, 0.1) is 0 Å². The van der Waals surface area contributed by atoms with Crippen molar-refractivity contribution in [3.05, 3.63) is 54.2 Å². The Hall–Kier alpha value is -2.80.